The smallest absolute Gasteiger partial charge is 0.340 e. The Morgan fingerprint density at radius 1 is 1.19 bits per heavy atom. The highest BCUT2D eigenvalue weighted by Gasteiger charge is 2.47. The number of carbonyl (C=O) groups is 4. The maximum atomic E-state index is 13.0. The van der Waals surface area contributed by atoms with Crippen LogP contribution in [-0.2, 0) is 14.4 Å². The first kappa shape index (κ1) is 22.9. The normalized spacial score (nSPS) is 22.3. The molecule has 0 aliphatic heterocycles. The molecular weight excluding hydrogens is 420 g/mol. The van der Waals surface area contributed by atoms with Crippen molar-refractivity contribution in [3.8, 4) is 5.75 Å². The highest BCUT2D eigenvalue weighted by molar-refractivity contribution is 6.30. The largest absolute Gasteiger partial charge is 0.510 e. The van der Waals surface area contributed by atoms with Gasteiger partial charge in [-0.3, -0.25) is 19.3 Å². The second kappa shape index (κ2) is 8.06. The Morgan fingerprint density at radius 2 is 1.81 bits per heavy atom. The van der Waals surface area contributed by atoms with E-state index in [1.165, 1.54) is 37.2 Å². The first-order valence-corrected chi connectivity index (χ1v) is 9.54. The topological polar surface area (TPSA) is 178 Å². The highest BCUT2D eigenvalue weighted by Crippen LogP contribution is 2.43. The molecule has 1 amide bonds. The average molecular weight is 442 g/mol. The summed E-state index contributed by atoms with van der Waals surface area (Å²) in [6.07, 6.45) is -2.18. The molecule has 0 unspecified atom stereocenters. The number of carboxylic acid groups (broad SMARTS) is 1. The van der Waals surface area contributed by atoms with Crippen LogP contribution in [0.15, 0.2) is 47.3 Å². The fourth-order valence-corrected chi connectivity index (χ4v) is 4.42. The maximum absolute atomic E-state index is 13.0. The van der Waals surface area contributed by atoms with E-state index in [9.17, 15) is 39.6 Å². The minimum absolute atomic E-state index is 0.0190. The molecule has 0 saturated heterocycles. The lowest BCUT2D eigenvalue weighted by Gasteiger charge is -2.39. The zero-order chi connectivity index (χ0) is 24.1. The second-order valence-corrected chi connectivity index (χ2v) is 7.87. The van der Waals surface area contributed by atoms with E-state index in [1.807, 2.05) is 0 Å². The van der Waals surface area contributed by atoms with Gasteiger partial charge in [0.15, 0.2) is 5.78 Å². The number of benzene rings is 1. The number of nitrogens with zero attached hydrogens (tertiary/aromatic N) is 1. The van der Waals surface area contributed by atoms with Crippen LogP contribution in [-0.4, -0.2) is 75.0 Å². The molecule has 1 aromatic carbocycles. The SMILES string of the molecule is C=C1C([C@H](O)[C@@H]2CC(=O)C(C(N)=O)=C(O)[C@H]2N(C)C)=C(C(=O)O)C(=O)c2c(O)cccc21. The minimum atomic E-state index is -1.74. The molecule has 6 N–H and O–H groups in total. The van der Waals surface area contributed by atoms with Crippen molar-refractivity contribution < 1.29 is 39.6 Å². The molecule has 0 bridgehead atoms. The first-order chi connectivity index (χ1) is 14.9. The lowest BCUT2D eigenvalue weighted by Crippen LogP contribution is -2.49. The van der Waals surface area contributed by atoms with Crippen LogP contribution in [0.2, 0.25) is 0 Å². The predicted octanol–water partition coefficient (Wildman–Crippen LogP) is 0.160. The zero-order valence-electron chi connectivity index (χ0n) is 17.3. The number of aliphatic hydroxyl groups excluding tert-OH is 2. The van der Waals surface area contributed by atoms with Crippen molar-refractivity contribution >= 4 is 29.0 Å². The predicted molar refractivity (Wildman–Crippen MR) is 112 cm³/mol. The van der Waals surface area contributed by atoms with E-state index in [-0.39, 0.29) is 22.3 Å². The van der Waals surface area contributed by atoms with E-state index in [1.54, 1.807) is 0 Å². The van der Waals surface area contributed by atoms with Gasteiger partial charge in [-0.05, 0) is 31.3 Å². The molecule has 3 atom stereocenters. The molecule has 32 heavy (non-hydrogen) atoms. The van der Waals surface area contributed by atoms with Gasteiger partial charge in [-0.25, -0.2) is 4.79 Å². The fraction of sp³-hybridized carbons (Fsp3) is 0.273. The Labute approximate surface area is 182 Å². The molecular formula is C22H22N2O8. The van der Waals surface area contributed by atoms with Crippen LogP contribution in [0.1, 0.15) is 22.3 Å². The van der Waals surface area contributed by atoms with Gasteiger partial charge in [0.25, 0.3) is 5.91 Å². The van der Waals surface area contributed by atoms with Gasteiger partial charge in [-0.2, -0.15) is 0 Å². The Bertz CT molecular complexity index is 1140. The number of fused-ring (bicyclic) bond motifs is 1. The Morgan fingerprint density at radius 3 is 2.34 bits per heavy atom. The van der Waals surface area contributed by atoms with E-state index >= 15 is 0 Å². The first-order valence-electron chi connectivity index (χ1n) is 9.54. The molecule has 0 radical (unpaired) electrons. The summed E-state index contributed by atoms with van der Waals surface area (Å²) in [6.45, 7) is 3.82. The number of primary amides is 1. The molecule has 0 fully saturated rings. The Balaban J connectivity index is 2.21. The van der Waals surface area contributed by atoms with Crippen molar-refractivity contribution in [1.82, 2.24) is 4.90 Å². The van der Waals surface area contributed by atoms with Gasteiger partial charge in [0.05, 0.1) is 17.7 Å². The van der Waals surface area contributed by atoms with Gasteiger partial charge in [0, 0.05) is 17.9 Å². The highest BCUT2D eigenvalue weighted by atomic mass is 16.4. The molecule has 10 nitrogen and oxygen atoms in total. The molecule has 0 saturated carbocycles. The lowest BCUT2D eigenvalue weighted by atomic mass is 9.71. The number of phenolic OH excluding ortho intramolecular Hbond substituents is 1. The summed E-state index contributed by atoms with van der Waals surface area (Å²) < 4.78 is 0. The molecule has 2 aliphatic rings. The van der Waals surface area contributed by atoms with Crippen molar-refractivity contribution in [3.05, 3.63) is 58.4 Å². The number of carboxylic acids is 1. The molecule has 0 spiro atoms. The van der Waals surface area contributed by atoms with Crippen LogP contribution < -0.4 is 5.73 Å². The lowest BCUT2D eigenvalue weighted by molar-refractivity contribution is -0.132. The summed E-state index contributed by atoms with van der Waals surface area (Å²) >= 11 is 0. The minimum Gasteiger partial charge on any atom is -0.510 e. The average Bonchev–Trinajstić information content (AvgIpc) is 2.68. The number of nitrogens with two attached hydrogens (primary N) is 1. The second-order valence-electron chi connectivity index (χ2n) is 7.87. The van der Waals surface area contributed by atoms with E-state index < -0.39 is 70.6 Å². The number of rotatable bonds is 5. The van der Waals surface area contributed by atoms with Crippen molar-refractivity contribution in [2.45, 2.75) is 18.6 Å². The van der Waals surface area contributed by atoms with Crippen molar-refractivity contribution in [1.29, 1.82) is 0 Å². The number of hydrogen-bond donors (Lipinski definition) is 5. The molecule has 2 aliphatic carbocycles. The Kier molecular flexibility index (Phi) is 5.77. The summed E-state index contributed by atoms with van der Waals surface area (Å²) in [5, 5.41) is 41.7. The number of phenols is 1. The number of amides is 1. The van der Waals surface area contributed by atoms with Gasteiger partial charge >= 0.3 is 5.97 Å². The van der Waals surface area contributed by atoms with Crippen LogP contribution in [0.3, 0.4) is 0 Å². The molecule has 168 valence electrons. The van der Waals surface area contributed by atoms with Crippen LogP contribution in [0, 0.1) is 5.92 Å². The number of ketones is 2. The molecule has 0 heterocycles. The fourth-order valence-electron chi connectivity index (χ4n) is 4.42. The van der Waals surface area contributed by atoms with E-state index in [0.717, 1.165) is 0 Å². The maximum Gasteiger partial charge on any atom is 0.340 e. The van der Waals surface area contributed by atoms with Crippen LogP contribution >= 0.6 is 0 Å². The number of aromatic hydroxyl groups is 1. The quantitative estimate of drug-likeness (QED) is 0.397. The summed E-state index contributed by atoms with van der Waals surface area (Å²) in [5.41, 5.74) is 3.35. The van der Waals surface area contributed by atoms with Crippen molar-refractivity contribution in [3.63, 3.8) is 0 Å². The summed E-state index contributed by atoms with van der Waals surface area (Å²) in [4.78, 5) is 50.6. The van der Waals surface area contributed by atoms with Gasteiger partial charge in [-0.1, -0.05) is 18.7 Å². The van der Waals surface area contributed by atoms with E-state index in [2.05, 4.69) is 6.58 Å². The molecule has 3 rings (SSSR count). The number of hydrogen-bond acceptors (Lipinski definition) is 8. The van der Waals surface area contributed by atoms with Gasteiger partial charge < -0.3 is 26.2 Å². The van der Waals surface area contributed by atoms with E-state index in [0.29, 0.717) is 0 Å². The summed E-state index contributed by atoms with van der Waals surface area (Å²) in [5.74, 6) is -6.83. The number of aliphatic hydroxyl groups is 2. The summed E-state index contributed by atoms with van der Waals surface area (Å²) in [7, 11) is 3.05. The molecule has 1 aromatic rings. The van der Waals surface area contributed by atoms with Gasteiger partial charge in [0.2, 0.25) is 5.78 Å². The zero-order valence-corrected chi connectivity index (χ0v) is 17.3. The van der Waals surface area contributed by atoms with Gasteiger partial charge in [0.1, 0.15) is 22.7 Å². The third kappa shape index (κ3) is 3.39. The monoisotopic (exact) mass is 442 g/mol. The van der Waals surface area contributed by atoms with Crippen LogP contribution in [0.5, 0.6) is 5.75 Å². The summed E-state index contributed by atoms with van der Waals surface area (Å²) in [6, 6.07) is 3.02. The number of likely N-dealkylation sites (N-methyl/N-ethyl adjacent to an activating group) is 1. The number of Topliss-reactive ketones (excluding diaryl/α,β-unsaturated/α-hetero) is 2. The van der Waals surface area contributed by atoms with Gasteiger partial charge in [-0.15, -0.1) is 0 Å². The third-order valence-electron chi connectivity index (χ3n) is 5.78. The number of carbonyl (C=O) groups excluding carboxylic acids is 3. The standard InChI is InChI=1S/C22H22N2O8/c1-8-9-5-4-6-11(25)14(9)19(28)16(22(31)32)13(8)18(27)10-7-12(26)15(21(23)30)20(29)17(10)24(2)3/h4-6,10,17-18,25,27,29H,1,7H2,2-3H3,(H2,23,30)(H,31,32)/t10-,17+,18-/m1/s1. The van der Waals surface area contributed by atoms with Crippen LogP contribution in [0.4, 0.5) is 0 Å². The molecule has 0 aromatic heterocycles. The Hall–Kier alpha value is -3.76. The van der Waals surface area contributed by atoms with E-state index in [4.69, 9.17) is 5.73 Å². The number of aliphatic carboxylic acids is 1. The van der Waals surface area contributed by atoms with Crippen molar-refractivity contribution in [2.24, 2.45) is 11.7 Å². The van der Waals surface area contributed by atoms with Crippen LogP contribution in [0.25, 0.3) is 5.57 Å². The van der Waals surface area contributed by atoms with Crippen molar-refractivity contribution in [2.75, 3.05) is 14.1 Å². The third-order valence-corrected chi connectivity index (χ3v) is 5.78. The molecule has 10 heteroatoms.